The number of para-hydroxylation sites is 1. The summed E-state index contributed by atoms with van der Waals surface area (Å²) in [5, 5.41) is 0.977. The average Bonchev–Trinajstić information content (AvgIpc) is 2.64. The Morgan fingerprint density at radius 2 is 1.95 bits per heavy atom. The SMILES string of the molecule is C=CCc1c(CC(C)=O)c2ccccc2n1C(C)=O. The summed E-state index contributed by atoms with van der Waals surface area (Å²) in [5.74, 6) is 0.0552. The van der Waals surface area contributed by atoms with Crippen molar-refractivity contribution in [2.75, 3.05) is 0 Å². The van der Waals surface area contributed by atoms with Crippen LogP contribution in [0.1, 0.15) is 29.9 Å². The zero-order valence-electron chi connectivity index (χ0n) is 11.3. The minimum absolute atomic E-state index is 0.0390. The van der Waals surface area contributed by atoms with E-state index in [0.29, 0.717) is 12.8 Å². The van der Waals surface area contributed by atoms with Crippen molar-refractivity contribution < 1.29 is 9.59 Å². The second-order valence-electron chi connectivity index (χ2n) is 4.67. The number of ketones is 1. The number of Topliss-reactive ketones (excluding diaryl/α,β-unsaturated/α-hetero) is 1. The zero-order chi connectivity index (χ0) is 14.0. The van der Waals surface area contributed by atoms with Crippen molar-refractivity contribution in [3.63, 3.8) is 0 Å². The molecule has 0 saturated carbocycles. The van der Waals surface area contributed by atoms with E-state index in [-0.39, 0.29) is 11.7 Å². The van der Waals surface area contributed by atoms with Gasteiger partial charge in [0.05, 0.1) is 5.52 Å². The second kappa shape index (κ2) is 5.22. The van der Waals surface area contributed by atoms with E-state index in [2.05, 4.69) is 6.58 Å². The Morgan fingerprint density at radius 1 is 1.26 bits per heavy atom. The van der Waals surface area contributed by atoms with Gasteiger partial charge >= 0.3 is 0 Å². The van der Waals surface area contributed by atoms with Gasteiger partial charge in [0.25, 0.3) is 0 Å². The Bertz CT molecular complexity index is 665. The highest BCUT2D eigenvalue weighted by Crippen LogP contribution is 2.27. The number of hydrogen-bond donors (Lipinski definition) is 0. The Hall–Kier alpha value is -2.16. The number of allylic oxidation sites excluding steroid dienone is 1. The van der Waals surface area contributed by atoms with E-state index in [0.717, 1.165) is 22.2 Å². The van der Waals surface area contributed by atoms with E-state index in [9.17, 15) is 9.59 Å². The minimum atomic E-state index is -0.0390. The Balaban J connectivity index is 2.82. The maximum Gasteiger partial charge on any atom is 0.228 e. The molecular formula is C16H17NO2. The van der Waals surface area contributed by atoms with Gasteiger partial charge in [0.1, 0.15) is 5.78 Å². The van der Waals surface area contributed by atoms with Gasteiger partial charge in [-0.15, -0.1) is 6.58 Å². The average molecular weight is 255 g/mol. The summed E-state index contributed by atoms with van der Waals surface area (Å²) in [7, 11) is 0. The van der Waals surface area contributed by atoms with Crippen molar-refractivity contribution in [2.45, 2.75) is 26.7 Å². The number of carbonyl (C=O) groups is 2. The molecule has 2 aromatic rings. The Morgan fingerprint density at radius 3 is 2.53 bits per heavy atom. The fraction of sp³-hybridized carbons (Fsp3) is 0.250. The van der Waals surface area contributed by atoms with Gasteiger partial charge in [-0.05, 0) is 18.6 Å². The molecule has 3 nitrogen and oxygen atoms in total. The molecule has 0 aliphatic carbocycles. The van der Waals surface area contributed by atoms with Crippen molar-refractivity contribution >= 4 is 22.6 Å². The van der Waals surface area contributed by atoms with E-state index in [1.165, 1.54) is 6.92 Å². The van der Waals surface area contributed by atoms with Gasteiger partial charge in [-0.2, -0.15) is 0 Å². The molecule has 2 rings (SSSR count). The van der Waals surface area contributed by atoms with Crippen LogP contribution in [0.15, 0.2) is 36.9 Å². The largest absolute Gasteiger partial charge is 0.300 e. The van der Waals surface area contributed by atoms with Gasteiger partial charge in [-0.1, -0.05) is 24.3 Å². The third-order valence-electron chi connectivity index (χ3n) is 3.17. The van der Waals surface area contributed by atoms with Crippen LogP contribution in [0.5, 0.6) is 0 Å². The maximum absolute atomic E-state index is 11.9. The van der Waals surface area contributed by atoms with Crippen LogP contribution >= 0.6 is 0 Å². The maximum atomic E-state index is 11.9. The highest BCUT2D eigenvalue weighted by atomic mass is 16.1. The van der Waals surface area contributed by atoms with Crippen LogP contribution in [0.2, 0.25) is 0 Å². The fourth-order valence-corrected chi connectivity index (χ4v) is 2.52. The minimum Gasteiger partial charge on any atom is -0.300 e. The van der Waals surface area contributed by atoms with Crippen molar-refractivity contribution in [3.8, 4) is 0 Å². The highest BCUT2D eigenvalue weighted by molar-refractivity contribution is 5.97. The Labute approximate surface area is 112 Å². The van der Waals surface area contributed by atoms with Crippen LogP contribution < -0.4 is 0 Å². The van der Waals surface area contributed by atoms with E-state index in [4.69, 9.17) is 0 Å². The monoisotopic (exact) mass is 255 g/mol. The molecule has 0 unspecified atom stereocenters. The lowest BCUT2D eigenvalue weighted by Crippen LogP contribution is -2.11. The van der Waals surface area contributed by atoms with E-state index in [1.807, 2.05) is 24.3 Å². The van der Waals surface area contributed by atoms with Crippen molar-refractivity contribution in [3.05, 3.63) is 48.2 Å². The highest BCUT2D eigenvalue weighted by Gasteiger charge is 2.18. The lowest BCUT2D eigenvalue weighted by molar-refractivity contribution is -0.116. The van der Waals surface area contributed by atoms with Crippen LogP contribution in [-0.2, 0) is 17.6 Å². The summed E-state index contributed by atoms with van der Waals surface area (Å²) in [6, 6.07) is 7.69. The van der Waals surface area contributed by atoms with Gasteiger partial charge in [0.2, 0.25) is 5.91 Å². The number of benzene rings is 1. The first-order chi connectivity index (χ1) is 9.06. The van der Waals surface area contributed by atoms with Gasteiger partial charge in [-0.25, -0.2) is 0 Å². The van der Waals surface area contributed by atoms with Gasteiger partial charge in [0, 0.05) is 30.8 Å². The molecule has 1 aromatic heterocycles. The van der Waals surface area contributed by atoms with Gasteiger partial charge in [0.15, 0.2) is 0 Å². The van der Waals surface area contributed by atoms with Gasteiger partial charge < -0.3 is 0 Å². The third kappa shape index (κ3) is 2.36. The van der Waals surface area contributed by atoms with Crippen LogP contribution in [0.3, 0.4) is 0 Å². The zero-order valence-corrected chi connectivity index (χ0v) is 11.3. The lowest BCUT2D eigenvalue weighted by atomic mass is 10.0. The topological polar surface area (TPSA) is 39.1 Å². The number of carbonyl (C=O) groups excluding carboxylic acids is 2. The second-order valence-corrected chi connectivity index (χ2v) is 4.67. The molecule has 0 radical (unpaired) electrons. The van der Waals surface area contributed by atoms with Crippen LogP contribution in [0.4, 0.5) is 0 Å². The summed E-state index contributed by atoms with van der Waals surface area (Å²) in [5.41, 5.74) is 2.68. The third-order valence-corrected chi connectivity index (χ3v) is 3.17. The molecule has 19 heavy (non-hydrogen) atoms. The predicted octanol–water partition coefficient (Wildman–Crippen LogP) is 3.16. The van der Waals surface area contributed by atoms with E-state index >= 15 is 0 Å². The van der Waals surface area contributed by atoms with E-state index < -0.39 is 0 Å². The summed E-state index contributed by atoms with van der Waals surface area (Å²) in [4.78, 5) is 23.4. The quantitative estimate of drug-likeness (QED) is 0.787. The molecule has 0 spiro atoms. The molecule has 0 N–H and O–H groups in total. The number of hydrogen-bond acceptors (Lipinski definition) is 2. The van der Waals surface area contributed by atoms with Gasteiger partial charge in [-0.3, -0.25) is 14.2 Å². The van der Waals surface area contributed by atoms with Crippen molar-refractivity contribution in [1.29, 1.82) is 0 Å². The number of fused-ring (bicyclic) bond motifs is 1. The molecule has 1 aromatic carbocycles. The Kier molecular flexibility index (Phi) is 3.65. The molecule has 0 aliphatic heterocycles. The van der Waals surface area contributed by atoms with Crippen LogP contribution in [0.25, 0.3) is 10.9 Å². The summed E-state index contributed by atoms with van der Waals surface area (Å²) in [6.45, 7) is 6.84. The normalized spacial score (nSPS) is 10.6. The molecule has 0 bridgehead atoms. The standard InChI is InChI=1S/C16H17NO2/c1-4-7-15-14(10-11(2)18)13-8-5-6-9-16(13)17(15)12(3)19/h4-6,8-9H,1,7,10H2,2-3H3. The fourth-order valence-electron chi connectivity index (χ4n) is 2.52. The molecular weight excluding hydrogens is 238 g/mol. The van der Waals surface area contributed by atoms with Crippen LogP contribution in [0, 0.1) is 0 Å². The summed E-state index contributed by atoms with van der Waals surface area (Å²) >= 11 is 0. The molecule has 1 heterocycles. The molecule has 0 saturated heterocycles. The molecule has 0 atom stereocenters. The number of rotatable bonds is 4. The molecule has 3 heteroatoms. The van der Waals surface area contributed by atoms with Crippen molar-refractivity contribution in [2.24, 2.45) is 0 Å². The molecule has 0 amide bonds. The summed E-state index contributed by atoms with van der Waals surface area (Å²) in [6.07, 6.45) is 2.69. The lowest BCUT2D eigenvalue weighted by Gasteiger charge is -2.06. The van der Waals surface area contributed by atoms with Crippen molar-refractivity contribution in [1.82, 2.24) is 4.57 Å². The van der Waals surface area contributed by atoms with E-state index in [1.54, 1.807) is 17.6 Å². The smallest absolute Gasteiger partial charge is 0.228 e. The first-order valence-corrected chi connectivity index (χ1v) is 6.28. The number of aromatic nitrogens is 1. The predicted molar refractivity (Wildman–Crippen MR) is 76.5 cm³/mol. The molecule has 98 valence electrons. The molecule has 0 fully saturated rings. The van der Waals surface area contributed by atoms with Crippen LogP contribution in [-0.4, -0.2) is 16.3 Å². The first kappa shape index (κ1) is 13.3. The number of nitrogens with zero attached hydrogens (tertiary/aromatic N) is 1. The first-order valence-electron chi connectivity index (χ1n) is 6.28. The summed E-state index contributed by atoms with van der Waals surface area (Å²) < 4.78 is 1.69. The molecule has 0 aliphatic rings.